The minimum Gasteiger partial charge on any atom is -0.334 e. The van der Waals surface area contributed by atoms with E-state index in [4.69, 9.17) is 5.73 Å². The fraction of sp³-hybridized carbons (Fsp3) is 0.600. The van der Waals surface area contributed by atoms with E-state index < -0.39 is 0 Å². The number of nitrogens with zero attached hydrogens (tertiary/aromatic N) is 2. The molecule has 4 nitrogen and oxygen atoms in total. The molecule has 0 spiro atoms. The molecule has 0 aromatic carbocycles. The van der Waals surface area contributed by atoms with Gasteiger partial charge in [-0.25, -0.2) is 4.98 Å². The Labute approximate surface area is 83.1 Å². The van der Waals surface area contributed by atoms with Crippen molar-refractivity contribution in [1.82, 2.24) is 9.55 Å². The van der Waals surface area contributed by atoms with Crippen LogP contribution in [0.4, 0.5) is 0 Å². The molecule has 0 amide bonds. The average molecular weight is 193 g/mol. The lowest BCUT2D eigenvalue weighted by Gasteiger charge is -2.11. The Hall–Kier alpha value is -1.16. The molecule has 2 rings (SSSR count). The van der Waals surface area contributed by atoms with E-state index in [2.05, 4.69) is 9.55 Å². The predicted molar refractivity (Wildman–Crippen MR) is 53.2 cm³/mol. The zero-order valence-corrected chi connectivity index (χ0v) is 8.20. The molecule has 1 aliphatic heterocycles. The van der Waals surface area contributed by atoms with Gasteiger partial charge in [0.25, 0.3) is 0 Å². The van der Waals surface area contributed by atoms with Gasteiger partial charge in [-0.3, -0.25) is 4.79 Å². The number of carbonyl (C=O) groups excluding carboxylic acids is 1. The summed E-state index contributed by atoms with van der Waals surface area (Å²) < 4.78 is 2.09. The summed E-state index contributed by atoms with van der Waals surface area (Å²) in [5, 5.41) is 0. The Morgan fingerprint density at radius 3 is 3.14 bits per heavy atom. The molecule has 0 aliphatic carbocycles. The van der Waals surface area contributed by atoms with Gasteiger partial charge in [-0.15, -0.1) is 0 Å². The standard InChI is InChI=1S/C10H15N3O/c11-5-4-9(14)8-7-13-6-2-1-3-10(13)12-8/h7H,1-6,11H2. The lowest BCUT2D eigenvalue weighted by Crippen LogP contribution is -2.09. The molecule has 1 aliphatic rings. The fourth-order valence-electron chi connectivity index (χ4n) is 1.81. The van der Waals surface area contributed by atoms with Crippen LogP contribution in [-0.2, 0) is 13.0 Å². The number of aromatic nitrogens is 2. The molecule has 2 heterocycles. The first-order chi connectivity index (χ1) is 6.81. The molecule has 76 valence electrons. The third kappa shape index (κ3) is 1.70. The molecule has 4 heteroatoms. The number of ketones is 1. The van der Waals surface area contributed by atoms with Crippen molar-refractivity contribution in [3.05, 3.63) is 17.7 Å². The number of fused-ring (bicyclic) bond motifs is 1. The lowest BCUT2D eigenvalue weighted by molar-refractivity contribution is 0.0981. The van der Waals surface area contributed by atoms with Crippen molar-refractivity contribution in [2.45, 2.75) is 32.2 Å². The first-order valence-electron chi connectivity index (χ1n) is 5.10. The largest absolute Gasteiger partial charge is 0.334 e. The monoisotopic (exact) mass is 193 g/mol. The second-order valence-corrected chi connectivity index (χ2v) is 3.65. The molecule has 0 unspecified atom stereocenters. The predicted octanol–water partition coefficient (Wildman–Crippen LogP) is 0.751. The highest BCUT2D eigenvalue weighted by molar-refractivity contribution is 5.94. The molecule has 0 saturated heterocycles. The van der Waals surface area contributed by atoms with Gasteiger partial charge in [-0.1, -0.05) is 0 Å². The van der Waals surface area contributed by atoms with Gasteiger partial charge in [0.2, 0.25) is 0 Å². The van der Waals surface area contributed by atoms with Crippen LogP contribution in [0.2, 0.25) is 0 Å². The third-order valence-electron chi connectivity index (χ3n) is 2.57. The van der Waals surface area contributed by atoms with Crippen LogP contribution in [-0.4, -0.2) is 21.9 Å². The van der Waals surface area contributed by atoms with Crippen molar-refractivity contribution < 1.29 is 4.79 Å². The van der Waals surface area contributed by atoms with E-state index >= 15 is 0 Å². The third-order valence-corrected chi connectivity index (χ3v) is 2.57. The second kappa shape index (κ2) is 3.92. The molecular weight excluding hydrogens is 178 g/mol. The normalized spacial score (nSPS) is 15.2. The van der Waals surface area contributed by atoms with Crippen molar-refractivity contribution in [1.29, 1.82) is 0 Å². The molecule has 1 aromatic rings. The van der Waals surface area contributed by atoms with E-state index in [-0.39, 0.29) is 5.78 Å². The number of imidazole rings is 1. The summed E-state index contributed by atoms with van der Waals surface area (Å²) in [4.78, 5) is 15.8. The molecule has 0 fully saturated rings. The van der Waals surface area contributed by atoms with E-state index in [1.165, 1.54) is 12.8 Å². The van der Waals surface area contributed by atoms with Crippen LogP contribution in [0.5, 0.6) is 0 Å². The SMILES string of the molecule is NCCC(=O)c1cn2c(n1)CCCC2. The Morgan fingerprint density at radius 1 is 1.57 bits per heavy atom. The lowest BCUT2D eigenvalue weighted by atomic mass is 10.2. The summed E-state index contributed by atoms with van der Waals surface area (Å²) in [5.74, 6) is 1.12. The zero-order chi connectivity index (χ0) is 9.97. The van der Waals surface area contributed by atoms with Gasteiger partial charge in [0.1, 0.15) is 11.5 Å². The summed E-state index contributed by atoms with van der Waals surface area (Å²) in [6, 6.07) is 0. The molecule has 1 aromatic heterocycles. The fourth-order valence-corrected chi connectivity index (χ4v) is 1.81. The van der Waals surface area contributed by atoms with Crippen molar-refractivity contribution >= 4 is 5.78 Å². The van der Waals surface area contributed by atoms with Crippen LogP contribution in [0.25, 0.3) is 0 Å². The number of Topliss-reactive ketones (excluding diaryl/α,β-unsaturated/α-hetero) is 1. The smallest absolute Gasteiger partial charge is 0.184 e. The zero-order valence-electron chi connectivity index (χ0n) is 8.20. The van der Waals surface area contributed by atoms with Gasteiger partial charge >= 0.3 is 0 Å². The number of carbonyl (C=O) groups is 1. The Bertz CT molecular complexity index is 320. The summed E-state index contributed by atoms with van der Waals surface area (Å²) in [6.07, 6.45) is 5.63. The maximum absolute atomic E-state index is 11.5. The number of hydrogen-bond donors (Lipinski definition) is 1. The van der Waals surface area contributed by atoms with Crippen LogP contribution in [0, 0.1) is 0 Å². The van der Waals surface area contributed by atoms with Gasteiger partial charge in [0.05, 0.1) is 0 Å². The van der Waals surface area contributed by atoms with Gasteiger partial charge in [-0.2, -0.15) is 0 Å². The number of nitrogens with two attached hydrogens (primary N) is 1. The van der Waals surface area contributed by atoms with E-state index in [0.717, 1.165) is 18.8 Å². The van der Waals surface area contributed by atoms with Crippen molar-refractivity contribution in [3.8, 4) is 0 Å². The van der Waals surface area contributed by atoms with Gasteiger partial charge in [-0.05, 0) is 19.4 Å². The van der Waals surface area contributed by atoms with Crippen molar-refractivity contribution in [2.75, 3.05) is 6.54 Å². The number of rotatable bonds is 3. The van der Waals surface area contributed by atoms with Crippen LogP contribution in [0.1, 0.15) is 35.6 Å². The topological polar surface area (TPSA) is 60.9 Å². The highest BCUT2D eigenvalue weighted by Gasteiger charge is 2.15. The molecule has 14 heavy (non-hydrogen) atoms. The highest BCUT2D eigenvalue weighted by Crippen LogP contribution is 2.15. The summed E-state index contributed by atoms with van der Waals surface area (Å²) in [7, 11) is 0. The number of hydrogen-bond acceptors (Lipinski definition) is 3. The Morgan fingerprint density at radius 2 is 2.43 bits per heavy atom. The molecule has 0 radical (unpaired) electrons. The van der Waals surface area contributed by atoms with Crippen LogP contribution in [0.15, 0.2) is 6.20 Å². The first-order valence-corrected chi connectivity index (χ1v) is 5.10. The van der Waals surface area contributed by atoms with Crippen LogP contribution in [0.3, 0.4) is 0 Å². The quantitative estimate of drug-likeness (QED) is 0.720. The van der Waals surface area contributed by atoms with Gasteiger partial charge in [0.15, 0.2) is 5.78 Å². The van der Waals surface area contributed by atoms with E-state index in [0.29, 0.717) is 18.7 Å². The maximum Gasteiger partial charge on any atom is 0.184 e. The minimum atomic E-state index is 0.0643. The van der Waals surface area contributed by atoms with Gasteiger partial charge < -0.3 is 10.3 Å². The molecule has 0 saturated carbocycles. The summed E-state index contributed by atoms with van der Waals surface area (Å²) >= 11 is 0. The summed E-state index contributed by atoms with van der Waals surface area (Å²) in [6.45, 7) is 1.40. The van der Waals surface area contributed by atoms with Gasteiger partial charge in [0, 0.05) is 25.6 Å². The van der Waals surface area contributed by atoms with E-state index in [9.17, 15) is 4.79 Å². The van der Waals surface area contributed by atoms with E-state index in [1.807, 2.05) is 6.20 Å². The van der Waals surface area contributed by atoms with E-state index in [1.54, 1.807) is 0 Å². The molecule has 0 bridgehead atoms. The molecular formula is C10H15N3O. The Kier molecular flexibility index (Phi) is 2.63. The van der Waals surface area contributed by atoms with Crippen molar-refractivity contribution in [3.63, 3.8) is 0 Å². The van der Waals surface area contributed by atoms with Crippen LogP contribution >= 0.6 is 0 Å². The van der Waals surface area contributed by atoms with Crippen LogP contribution < -0.4 is 5.73 Å². The number of aryl methyl sites for hydroxylation is 2. The minimum absolute atomic E-state index is 0.0643. The summed E-state index contributed by atoms with van der Waals surface area (Å²) in [5.41, 5.74) is 5.92. The molecule has 0 atom stereocenters. The average Bonchev–Trinajstić information content (AvgIpc) is 2.61. The highest BCUT2D eigenvalue weighted by atomic mass is 16.1. The Balaban J connectivity index is 2.19. The second-order valence-electron chi connectivity index (χ2n) is 3.65. The first kappa shape index (κ1) is 9.40. The maximum atomic E-state index is 11.5. The van der Waals surface area contributed by atoms with Crippen molar-refractivity contribution in [2.24, 2.45) is 5.73 Å². The molecule has 2 N–H and O–H groups in total.